The lowest BCUT2D eigenvalue weighted by atomic mass is 10.0. The maximum atomic E-state index is 13.8. The molecule has 1 aliphatic carbocycles. The van der Waals surface area contributed by atoms with E-state index in [1.807, 2.05) is 62.4 Å². The summed E-state index contributed by atoms with van der Waals surface area (Å²) in [5.74, 6) is 0.155. The van der Waals surface area contributed by atoms with E-state index < -0.39 is 6.04 Å². The maximum Gasteiger partial charge on any atom is 0.261 e. The molecule has 3 aromatic rings. The van der Waals surface area contributed by atoms with Crippen LogP contribution >= 0.6 is 39.1 Å². The lowest BCUT2D eigenvalue weighted by Gasteiger charge is -2.32. The Morgan fingerprint density at radius 2 is 1.64 bits per heavy atom. The minimum absolute atomic E-state index is 0.127. The predicted molar refractivity (Wildman–Crippen MR) is 160 cm³/mol. The average molecular weight is 632 g/mol. The largest absolute Gasteiger partial charge is 0.484 e. The number of nitrogens with one attached hydrogen (secondary N) is 1. The normalized spacial score (nSPS) is 14.2. The Kier molecular flexibility index (Phi) is 10.3. The summed E-state index contributed by atoms with van der Waals surface area (Å²) < 4.78 is 6.98. The molecule has 8 heteroatoms. The number of benzene rings is 3. The smallest absolute Gasteiger partial charge is 0.261 e. The fourth-order valence-corrected chi connectivity index (χ4v) is 5.52. The van der Waals surface area contributed by atoms with Gasteiger partial charge in [-0.2, -0.15) is 0 Å². The van der Waals surface area contributed by atoms with Gasteiger partial charge in [0.05, 0.1) is 10.0 Å². The van der Waals surface area contributed by atoms with Gasteiger partial charge in [0.15, 0.2) is 6.61 Å². The second kappa shape index (κ2) is 13.7. The van der Waals surface area contributed by atoms with E-state index >= 15 is 0 Å². The van der Waals surface area contributed by atoms with Gasteiger partial charge in [-0.05, 0) is 73.2 Å². The van der Waals surface area contributed by atoms with Crippen LogP contribution in [0.3, 0.4) is 0 Å². The molecular weight excluding hydrogens is 599 g/mol. The van der Waals surface area contributed by atoms with Crippen molar-refractivity contribution in [2.24, 2.45) is 0 Å². The van der Waals surface area contributed by atoms with Crippen LogP contribution in [0.1, 0.15) is 47.9 Å². The van der Waals surface area contributed by atoms with Gasteiger partial charge in [-0.15, -0.1) is 0 Å². The molecule has 0 aliphatic heterocycles. The third kappa shape index (κ3) is 8.00. The maximum absolute atomic E-state index is 13.8. The predicted octanol–water partition coefficient (Wildman–Crippen LogP) is 7.45. The summed E-state index contributed by atoms with van der Waals surface area (Å²) in [4.78, 5) is 29.2. The third-order valence-corrected chi connectivity index (χ3v) is 9.07. The van der Waals surface area contributed by atoms with E-state index in [1.54, 1.807) is 17.0 Å². The SMILES string of the molecule is Cc1cc(OCC(=O)N(Cc2ccc(Cl)c(Cl)c2)C(Cc2ccccc2)C(=O)NC2CCCC2)cc(C)c1Br. The van der Waals surface area contributed by atoms with E-state index in [9.17, 15) is 9.59 Å². The van der Waals surface area contributed by atoms with Crippen LogP contribution in [0.4, 0.5) is 0 Å². The summed E-state index contributed by atoms with van der Waals surface area (Å²) in [5.41, 5.74) is 3.78. The number of hydrogen-bond acceptors (Lipinski definition) is 3. The van der Waals surface area contributed by atoms with Crippen LogP contribution in [-0.2, 0) is 22.6 Å². The fraction of sp³-hybridized carbons (Fsp3) is 0.355. The first-order valence-corrected chi connectivity index (χ1v) is 14.7. The number of amides is 2. The second-order valence-corrected chi connectivity index (χ2v) is 11.7. The monoisotopic (exact) mass is 630 g/mol. The lowest BCUT2D eigenvalue weighted by Crippen LogP contribution is -2.53. The molecule has 0 aromatic heterocycles. The summed E-state index contributed by atoms with van der Waals surface area (Å²) in [6.07, 6.45) is 4.48. The van der Waals surface area contributed by atoms with Crippen LogP contribution in [0.5, 0.6) is 5.75 Å². The van der Waals surface area contributed by atoms with Crippen molar-refractivity contribution in [2.75, 3.05) is 6.61 Å². The molecule has 1 N–H and O–H groups in total. The molecule has 206 valence electrons. The molecule has 5 nitrogen and oxygen atoms in total. The van der Waals surface area contributed by atoms with E-state index in [0.717, 1.165) is 52.4 Å². The highest BCUT2D eigenvalue weighted by Crippen LogP contribution is 2.27. The quantitative estimate of drug-likeness (QED) is 0.253. The topological polar surface area (TPSA) is 58.6 Å². The first-order chi connectivity index (χ1) is 18.7. The van der Waals surface area contributed by atoms with Gasteiger partial charge in [-0.1, -0.05) is 88.4 Å². The number of ether oxygens (including phenoxy) is 1. The molecule has 1 unspecified atom stereocenters. The molecule has 0 saturated heterocycles. The molecule has 0 spiro atoms. The zero-order chi connectivity index (χ0) is 27.9. The number of rotatable bonds is 10. The Labute approximate surface area is 249 Å². The highest BCUT2D eigenvalue weighted by atomic mass is 79.9. The molecule has 4 rings (SSSR count). The van der Waals surface area contributed by atoms with Gasteiger partial charge in [0.25, 0.3) is 5.91 Å². The van der Waals surface area contributed by atoms with Crippen LogP contribution in [0.2, 0.25) is 10.0 Å². The van der Waals surface area contributed by atoms with Crippen molar-refractivity contribution in [2.45, 2.75) is 64.6 Å². The molecule has 1 saturated carbocycles. The Hall–Kier alpha value is -2.54. The van der Waals surface area contributed by atoms with Gasteiger partial charge in [0.2, 0.25) is 5.91 Å². The minimum atomic E-state index is -0.730. The molecule has 0 bridgehead atoms. The second-order valence-electron chi connectivity index (χ2n) is 10.1. The van der Waals surface area contributed by atoms with Crippen LogP contribution in [0.25, 0.3) is 0 Å². The molecule has 1 atom stereocenters. The van der Waals surface area contributed by atoms with Crippen LogP contribution in [0.15, 0.2) is 65.1 Å². The molecule has 3 aromatic carbocycles. The van der Waals surface area contributed by atoms with Crippen molar-refractivity contribution in [3.8, 4) is 5.75 Å². The Morgan fingerprint density at radius 1 is 0.974 bits per heavy atom. The van der Waals surface area contributed by atoms with E-state index in [1.165, 1.54) is 0 Å². The van der Waals surface area contributed by atoms with E-state index in [2.05, 4.69) is 21.2 Å². The van der Waals surface area contributed by atoms with Gasteiger partial charge >= 0.3 is 0 Å². The third-order valence-electron chi connectivity index (χ3n) is 7.08. The van der Waals surface area contributed by atoms with Crippen molar-refractivity contribution < 1.29 is 14.3 Å². The van der Waals surface area contributed by atoms with Crippen molar-refractivity contribution in [1.82, 2.24) is 10.2 Å². The summed E-state index contributed by atoms with van der Waals surface area (Å²) in [7, 11) is 0. The van der Waals surface area contributed by atoms with Gasteiger partial charge in [-0.25, -0.2) is 0 Å². The number of hydrogen-bond donors (Lipinski definition) is 1. The van der Waals surface area contributed by atoms with Gasteiger partial charge < -0.3 is 15.0 Å². The number of carbonyl (C=O) groups excluding carboxylic acids is 2. The van der Waals surface area contributed by atoms with Crippen molar-refractivity contribution in [1.29, 1.82) is 0 Å². The molecule has 2 amide bonds. The molecule has 39 heavy (non-hydrogen) atoms. The molecule has 1 fully saturated rings. The zero-order valence-corrected chi connectivity index (χ0v) is 25.3. The molecule has 0 heterocycles. The van der Waals surface area contributed by atoms with E-state index in [-0.39, 0.29) is 31.0 Å². The van der Waals surface area contributed by atoms with Crippen molar-refractivity contribution in [3.63, 3.8) is 0 Å². The van der Waals surface area contributed by atoms with Crippen molar-refractivity contribution >= 4 is 50.9 Å². The summed E-state index contributed by atoms with van der Waals surface area (Å²) in [6, 6.07) is 18.2. The molecule has 1 aliphatic rings. The van der Waals surface area contributed by atoms with Crippen LogP contribution < -0.4 is 10.1 Å². The van der Waals surface area contributed by atoms with Crippen LogP contribution in [-0.4, -0.2) is 35.4 Å². The van der Waals surface area contributed by atoms with Gasteiger partial charge in [-0.3, -0.25) is 9.59 Å². The Bertz CT molecular complexity index is 1290. The average Bonchev–Trinajstić information content (AvgIpc) is 3.43. The standard InChI is InChI=1S/C31H33BrCl2N2O3/c1-20-14-25(15-21(2)30(20)32)39-19-29(37)36(18-23-12-13-26(33)27(34)16-23)28(17-22-8-4-3-5-9-22)31(38)35-24-10-6-7-11-24/h3-5,8-9,12-16,24,28H,6-7,10-11,17-19H2,1-2H3,(H,35,38). The number of halogens is 3. The highest BCUT2D eigenvalue weighted by Gasteiger charge is 2.32. The molecule has 0 radical (unpaired) electrons. The minimum Gasteiger partial charge on any atom is -0.484 e. The highest BCUT2D eigenvalue weighted by molar-refractivity contribution is 9.10. The van der Waals surface area contributed by atoms with E-state index in [0.29, 0.717) is 22.2 Å². The van der Waals surface area contributed by atoms with Gasteiger partial charge in [0.1, 0.15) is 11.8 Å². The fourth-order valence-electron chi connectivity index (χ4n) is 4.97. The lowest BCUT2D eigenvalue weighted by molar-refractivity contribution is -0.143. The van der Waals surface area contributed by atoms with Crippen LogP contribution in [0, 0.1) is 13.8 Å². The number of carbonyl (C=O) groups is 2. The summed E-state index contributed by atoms with van der Waals surface area (Å²) in [5, 5.41) is 4.04. The number of aryl methyl sites for hydroxylation is 2. The van der Waals surface area contributed by atoms with E-state index in [4.69, 9.17) is 27.9 Å². The first kappa shape index (κ1) is 29.4. The Balaban J connectivity index is 1.64. The van der Waals surface area contributed by atoms with Crippen molar-refractivity contribution in [3.05, 3.63) is 97.4 Å². The Morgan fingerprint density at radius 3 is 2.28 bits per heavy atom. The summed E-state index contributed by atoms with van der Waals surface area (Å²) >= 11 is 16.0. The zero-order valence-electron chi connectivity index (χ0n) is 22.2. The van der Waals surface area contributed by atoms with Gasteiger partial charge in [0, 0.05) is 23.5 Å². The molecular formula is C31H33BrCl2N2O3. The summed E-state index contributed by atoms with van der Waals surface area (Å²) in [6.45, 7) is 3.94. The first-order valence-electron chi connectivity index (χ1n) is 13.2. The number of nitrogens with zero attached hydrogens (tertiary/aromatic N) is 1.